The Labute approximate surface area is 180 Å². The number of pyridine rings is 1. The highest BCUT2D eigenvalue weighted by atomic mass is 35.5. The summed E-state index contributed by atoms with van der Waals surface area (Å²) in [6.07, 6.45) is 5.46. The molecule has 1 fully saturated rings. The first-order valence-electron chi connectivity index (χ1n) is 10.2. The summed E-state index contributed by atoms with van der Waals surface area (Å²) in [4.78, 5) is 35.0. The van der Waals surface area contributed by atoms with Gasteiger partial charge in [-0.1, -0.05) is 11.6 Å². The van der Waals surface area contributed by atoms with E-state index < -0.39 is 0 Å². The molecule has 0 aliphatic carbocycles. The molecule has 0 atom stereocenters. The van der Waals surface area contributed by atoms with Gasteiger partial charge in [-0.25, -0.2) is 4.98 Å². The average molecular weight is 428 g/mol. The minimum atomic E-state index is -0.236. The SMILES string of the molecule is Cc1[nH]c(/C=C2\C(=O)Nc3ncc(Cl)cc32)c(C)c1C(=O)NCC1CCN(C)CC1. The van der Waals surface area contributed by atoms with Crippen LogP contribution in [-0.4, -0.2) is 53.4 Å². The molecule has 2 aromatic rings. The van der Waals surface area contributed by atoms with Crippen LogP contribution < -0.4 is 10.6 Å². The van der Waals surface area contributed by atoms with E-state index in [1.807, 2.05) is 13.8 Å². The number of H-pyrrole nitrogens is 1. The van der Waals surface area contributed by atoms with E-state index in [0.29, 0.717) is 40.0 Å². The lowest BCUT2D eigenvalue weighted by atomic mass is 9.97. The number of carbonyl (C=O) groups excluding carboxylic acids is 2. The van der Waals surface area contributed by atoms with Crippen LogP contribution in [0.1, 0.15) is 45.7 Å². The molecule has 2 amide bonds. The fourth-order valence-corrected chi connectivity index (χ4v) is 4.34. The van der Waals surface area contributed by atoms with Crippen LogP contribution in [0.25, 0.3) is 11.6 Å². The smallest absolute Gasteiger partial charge is 0.257 e. The van der Waals surface area contributed by atoms with Crippen LogP contribution in [0.15, 0.2) is 12.3 Å². The van der Waals surface area contributed by atoms with E-state index in [2.05, 4.69) is 32.5 Å². The van der Waals surface area contributed by atoms with Crippen molar-refractivity contribution < 1.29 is 9.59 Å². The molecule has 8 heteroatoms. The number of nitrogens with one attached hydrogen (secondary N) is 3. The summed E-state index contributed by atoms with van der Waals surface area (Å²) in [6, 6.07) is 1.72. The van der Waals surface area contributed by atoms with E-state index >= 15 is 0 Å². The molecule has 30 heavy (non-hydrogen) atoms. The van der Waals surface area contributed by atoms with Gasteiger partial charge in [0.2, 0.25) is 0 Å². The quantitative estimate of drug-likeness (QED) is 0.653. The van der Waals surface area contributed by atoms with E-state index in [1.165, 1.54) is 6.20 Å². The Balaban J connectivity index is 1.54. The Morgan fingerprint density at radius 3 is 2.83 bits per heavy atom. The van der Waals surface area contributed by atoms with Crippen LogP contribution in [0, 0.1) is 19.8 Å². The first kappa shape index (κ1) is 20.6. The predicted octanol–water partition coefficient (Wildman–Crippen LogP) is 3.24. The predicted molar refractivity (Wildman–Crippen MR) is 119 cm³/mol. The molecule has 0 radical (unpaired) electrons. The normalized spacial score (nSPS) is 18.5. The fourth-order valence-electron chi connectivity index (χ4n) is 4.18. The van der Waals surface area contributed by atoms with Crippen molar-refractivity contribution in [2.45, 2.75) is 26.7 Å². The number of anilines is 1. The minimum absolute atomic E-state index is 0.0780. The third-order valence-corrected chi connectivity index (χ3v) is 6.21. The van der Waals surface area contributed by atoms with Gasteiger partial charge in [0.1, 0.15) is 5.82 Å². The number of amides is 2. The second-order valence-electron chi connectivity index (χ2n) is 8.18. The number of carbonyl (C=O) groups is 2. The van der Waals surface area contributed by atoms with Crippen molar-refractivity contribution in [3.8, 4) is 0 Å². The van der Waals surface area contributed by atoms with Crippen molar-refractivity contribution in [1.82, 2.24) is 20.2 Å². The Morgan fingerprint density at radius 2 is 2.10 bits per heavy atom. The largest absolute Gasteiger partial charge is 0.358 e. The van der Waals surface area contributed by atoms with Crippen LogP contribution in [0.4, 0.5) is 5.82 Å². The summed E-state index contributed by atoms with van der Waals surface area (Å²) in [5, 5.41) is 6.31. The Kier molecular flexibility index (Phi) is 5.66. The number of fused-ring (bicyclic) bond motifs is 1. The zero-order valence-corrected chi connectivity index (χ0v) is 18.2. The first-order chi connectivity index (χ1) is 14.3. The molecule has 2 aromatic heterocycles. The Bertz CT molecular complexity index is 1030. The maximum absolute atomic E-state index is 12.9. The second-order valence-corrected chi connectivity index (χ2v) is 8.62. The van der Waals surface area contributed by atoms with Gasteiger partial charge in [-0.15, -0.1) is 0 Å². The number of hydrogen-bond acceptors (Lipinski definition) is 4. The molecular weight excluding hydrogens is 402 g/mol. The van der Waals surface area contributed by atoms with Crippen molar-refractivity contribution in [3.05, 3.63) is 45.4 Å². The number of piperidine rings is 1. The van der Waals surface area contributed by atoms with Crippen molar-refractivity contribution in [3.63, 3.8) is 0 Å². The van der Waals surface area contributed by atoms with Gasteiger partial charge in [0.25, 0.3) is 11.8 Å². The third-order valence-electron chi connectivity index (χ3n) is 6.00. The Hall–Kier alpha value is -2.64. The van der Waals surface area contributed by atoms with Gasteiger partial charge >= 0.3 is 0 Å². The Morgan fingerprint density at radius 1 is 1.37 bits per heavy atom. The summed E-state index contributed by atoms with van der Waals surface area (Å²) < 4.78 is 0. The maximum atomic E-state index is 12.9. The van der Waals surface area contributed by atoms with Gasteiger partial charge in [-0.3, -0.25) is 9.59 Å². The molecule has 2 aliphatic heterocycles. The van der Waals surface area contributed by atoms with Crippen LogP contribution in [-0.2, 0) is 4.79 Å². The van der Waals surface area contributed by atoms with E-state index in [9.17, 15) is 9.59 Å². The number of nitrogens with zero attached hydrogens (tertiary/aromatic N) is 2. The molecule has 3 N–H and O–H groups in total. The van der Waals surface area contributed by atoms with Gasteiger partial charge < -0.3 is 20.5 Å². The number of halogens is 1. The molecule has 0 aromatic carbocycles. The van der Waals surface area contributed by atoms with E-state index in [0.717, 1.165) is 42.9 Å². The number of aromatic nitrogens is 2. The third kappa shape index (κ3) is 4.00. The standard InChI is InChI=1S/C22H26ClN5O2/c1-12-18(9-17-16-8-15(23)11-24-20(16)27-21(17)29)26-13(2)19(12)22(30)25-10-14-4-6-28(3)7-5-14/h8-9,11,14,26H,4-7,10H2,1-3H3,(H,25,30)(H,24,27,29)/b17-9-. The average Bonchev–Trinajstić information content (AvgIpc) is 3.17. The van der Waals surface area contributed by atoms with Crippen molar-refractivity contribution in [2.75, 3.05) is 32.0 Å². The van der Waals surface area contributed by atoms with Gasteiger partial charge in [0.15, 0.2) is 0 Å². The highest BCUT2D eigenvalue weighted by Gasteiger charge is 2.27. The highest BCUT2D eigenvalue weighted by Crippen LogP contribution is 2.34. The zero-order valence-electron chi connectivity index (χ0n) is 17.4. The molecule has 0 unspecified atom stereocenters. The monoisotopic (exact) mass is 427 g/mol. The molecule has 4 rings (SSSR count). The van der Waals surface area contributed by atoms with E-state index in [1.54, 1.807) is 12.1 Å². The molecular formula is C22H26ClN5O2. The zero-order chi connectivity index (χ0) is 21.4. The molecule has 4 heterocycles. The topological polar surface area (TPSA) is 90.1 Å². The summed E-state index contributed by atoms with van der Waals surface area (Å²) in [7, 11) is 2.13. The van der Waals surface area contributed by atoms with Crippen molar-refractivity contribution in [1.29, 1.82) is 0 Å². The highest BCUT2D eigenvalue weighted by molar-refractivity contribution is 6.36. The molecule has 0 spiro atoms. The number of aryl methyl sites for hydroxylation is 1. The summed E-state index contributed by atoms with van der Waals surface area (Å²) in [5.41, 5.74) is 4.10. The molecule has 1 saturated heterocycles. The van der Waals surface area contributed by atoms with Crippen LogP contribution in [0.2, 0.25) is 5.02 Å². The lowest BCUT2D eigenvalue weighted by molar-refractivity contribution is -0.110. The maximum Gasteiger partial charge on any atom is 0.257 e. The number of likely N-dealkylation sites (tertiary alicyclic amines) is 1. The van der Waals surface area contributed by atoms with Crippen molar-refractivity contribution >= 4 is 40.9 Å². The summed E-state index contributed by atoms with van der Waals surface area (Å²) in [5.74, 6) is 0.695. The number of rotatable bonds is 4. The van der Waals surface area contributed by atoms with Crippen LogP contribution in [0.5, 0.6) is 0 Å². The fraction of sp³-hybridized carbons (Fsp3) is 0.409. The van der Waals surface area contributed by atoms with Gasteiger partial charge in [-0.2, -0.15) is 0 Å². The van der Waals surface area contributed by atoms with Crippen molar-refractivity contribution in [2.24, 2.45) is 5.92 Å². The van der Waals surface area contributed by atoms with Gasteiger partial charge in [0.05, 0.1) is 16.2 Å². The molecule has 0 bridgehead atoms. The van der Waals surface area contributed by atoms with E-state index in [4.69, 9.17) is 11.6 Å². The lowest BCUT2D eigenvalue weighted by Crippen LogP contribution is -2.37. The molecule has 0 saturated carbocycles. The number of aromatic amines is 1. The van der Waals surface area contributed by atoms with Crippen LogP contribution in [0.3, 0.4) is 0 Å². The van der Waals surface area contributed by atoms with Crippen LogP contribution >= 0.6 is 11.6 Å². The molecule has 158 valence electrons. The summed E-state index contributed by atoms with van der Waals surface area (Å²) >= 11 is 6.06. The summed E-state index contributed by atoms with van der Waals surface area (Å²) in [6.45, 7) is 6.60. The molecule has 2 aliphatic rings. The van der Waals surface area contributed by atoms with E-state index in [-0.39, 0.29) is 11.8 Å². The second kappa shape index (κ2) is 8.24. The lowest BCUT2D eigenvalue weighted by Gasteiger charge is -2.28. The molecule has 7 nitrogen and oxygen atoms in total. The van der Waals surface area contributed by atoms with Gasteiger partial charge in [-0.05, 0) is 70.5 Å². The number of hydrogen-bond donors (Lipinski definition) is 3. The minimum Gasteiger partial charge on any atom is -0.358 e. The first-order valence-corrected chi connectivity index (χ1v) is 10.6. The van der Waals surface area contributed by atoms with Gasteiger partial charge in [0, 0.05) is 29.7 Å².